The van der Waals surface area contributed by atoms with Crippen LogP contribution in [0.15, 0.2) is 18.5 Å². The molecule has 3 N–H and O–H groups in total. The number of aliphatic hydroxyl groups is 1. The highest BCUT2D eigenvalue weighted by Gasteiger charge is 2.36. The minimum atomic E-state index is -3.43. The normalized spacial score (nSPS) is 22.0. The average Bonchev–Trinajstić information content (AvgIpc) is 2.47. The predicted octanol–water partition coefficient (Wildman–Crippen LogP) is -0.432. The lowest BCUT2D eigenvalue weighted by atomic mass is 9.75. The zero-order valence-electron chi connectivity index (χ0n) is 13.0. The van der Waals surface area contributed by atoms with E-state index in [2.05, 4.69) is 15.0 Å². The molecule has 1 aliphatic carbocycles. The van der Waals surface area contributed by atoms with Crippen molar-refractivity contribution in [3.8, 4) is 5.75 Å². The number of carbonyl (C=O) groups is 1. The summed E-state index contributed by atoms with van der Waals surface area (Å²) in [5, 5.41) is 12.3. The van der Waals surface area contributed by atoms with E-state index in [0.717, 1.165) is 11.8 Å². The fourth-order valence-electron chi connectivity index (χ4n) is 2.51. The molecule has 2 rings (SSSR count). The van der Waals surface area contributed by atoms with Crippen molar-refractivity contribution < 1.29 is 23.1 Å². The summed E-state index contributed by atoms with van der Waals surface area (Å²) in [6, 6.07) is 1.42. The molecular formula is C14H21N3O5S. The van der Waals surface area contributed by atoms with Crippen LogP contribution in [0.5, 0.6) is 5.75 Å². The van der Waals surface area contributed by atoms with E-state index >= 15 is 0 Å². The van der Waals surface area contributed by atoms with Crippen molar-refractivity contribution in [3.63, 3.8) is 0 Å². The summed E-state index contributed by atoms with van der Waals surface area (Å²) in [5.74, 6) is 0.196. The number of carbonyl (C=O) groups excluding carboxylic acids is 1. The van der Waals surface area contributed by atoms with Crippen LogP contribution in [-0.4, -0.2) is 50.4 Å². The largest absolute Gasteiger partial charge is 0.495 e. The maximum Gasteiger partial charge on any atom is 0.235 e. The molecule has 0 bridgehead atoms. The van der Waals surface area contributed by atoms with Gasteiger partial charge >= 0.3 is 0 Å². The molecule has 1 amide bonds. The maximum absolute atomic E-state index is 12.0. The number of aliphatic hydroxyl groups excluding tert-OH is 1. The molecule has 1 unspecified atom stereocenters. The van der Waals surface area contributed by atoms with Gasteiger partial charge in [0.2, 0.25) is 15.9 Å². The number of nitrogens with zero attached hydrogens (tertiary/aromatic N) is 1. The second-order valence-electron chi connectivity index (χ2n) is 5.68. The molecule has 9 heteroatoms. The van der Waals surface area contributed by atoms with Crippen LogP contribution in [0.4, 0.5) is 0 Å². The minimum Gasteiger partial charge on any atom is -0.495 e. The first-order valence-electron chi connectivity index (χ1n) is 7.19. The smallest absolute Gasteiger partial charge is 0.235 e. The zero-order valence-corrected chi connectivity index (χ0v) is 13.8. The quantitative estimate of drug-likeness (QED) is 0.618. The van der Waals surface area contributed by atoms with Crippen LogP contribution in [-0.2, 0) is 14.8 Å². The molecule has 128 valence electrons. The Hall–Kier alpha value is -1.71. The molecular weight excluding hydrogens is 322 g/mol. The molecule has 1 heterocycles. The average molecular weight is 343 g/mol. The van der Waals surface area contributed by atoms with E-state index in [4.69, 9.17) is 4.74 Å². The minimum absolute atomic E-state index is 0.0705. The lowest BCUT2D eigenvalue weighted by Crippen LogP contribution is -2.44. The molecule has 1 aromatic rings. The van der Waals surface area contributed by atoms with E-state index in [1.54, 1.807) is 18.5 Å². The molecule has 1 fully saturated rings. The summed E-state index contributed by atoms with van der Waals surface area (Å²) in [5.41, 5.74) is 0.758. The number of sulfonamides is 1. The Balaban J connectivity index is 2.09. The Labute approximate surface area is 135 Å². The monoisotopic (exact) mass is 343 g/mol. The summed E-state index contributed by atoms with van der Waals surface area (Å²) >= 11 is 0. The summed E-state index contributed by atoms with van der Waals surface area (Å²) in [6.45, 7) is -0.331. The first-order valence-corrected chi connectivity index (χ1v) is 9.08. The fraction of sp³-hybridized carbons (Fsp3) is 0.571. The van der Waals surface area contributed by atoms with Crippen molar-refractivity contribution in [1.29, 1.82) is 0 Å². The van der Waals surface area contributed by atoms with Gasteiger partial charge in [-0.25, -0.2) is 13.1 Å². The summed E-state index contributed by atoms with van der Waals surface area (Å²) in [4.78, 5) is 16.1. The number of ether oxygens (including phenoxy) is 1. The van der Waals surface area contributed by atoms with E-state index in [1.807, 2.05) is 0 Å². The lowest BCUT2D eigenvalue weighted by molar-refractivity contribution is -0.121. The van der Waals surface area contributed by atoms with Crippen LogP contribution in [0.25, 0.3) is 0 Å². The van der Waals surface area contributed by atoms with Gasteiger partial charge in [0, 0.05) is 6.20 Å². The van der Waals surface area contributed by atoms with Crippen molar-refractivity contribution in [2.45, 2.75) is 25.0 Å². The van der Waals surface area contributed by atoms with Gasteiger partial charge in [0.25, 0.3) is 0 Å². The van der Waals surface area contributed by atoms with Gasteiger partial charge in [0.15, 0.2) is 0 Å². The number of aromatic nitrogens is 1. The van der Waals surface area contributed by atoms with Crippen molar-refractivity contribution in [2.75, 3.05) is 19.9 Å². The molecule has 0 aromatic carbocycles. The van der Waals surface area contributed by atoms with Crippen LogP contribution in [0.1, 0.15) is 24.4 Å². The van der Waals surface area contributed by atoms with Crippen molar-refractivity contribution in [2.24, 2.45) is 5.92 Å². The van der Waals surface area contributed by atoms with Gasteiger partial charge in [-0.2, -0.15) is 0 Å². The molecule has 1 aromatic heterocycles. The predicted molar refractivity (Wildman–Crippen MR) is 83.3 cm³/mol. The molecule has 23 heavy (non-hydrogen) atoms. The van der Waals surface area contributed by atoms with Crippen molar-refractivity contribution >= 4 is 15.9 Å². The second kappa shape index (κ2) is 7.24. The first-order chi connectivity index (χ1) is 10.8. The molecule has 1 atom stereocenters. The van der Waals surface area contributed by atoms with Gasteiger partial charge in [-0.3, -0.25) is 9.78 Å². The molecule has 0 spiro atoms. The number of nitrogens with one attached hydrogen (secondary N) is 2. The Morgan fingerprint density at radius 2 is 2.17 bits per heavy atom. The van der Waals surface area contributed by atoms with E-state index < -0.39 is 15.9 Å². The second-order valence-corrected chi connectivity index (χ2v) is 7.51. The van der Waals surface area contributed by atoms with E-state index in [9.17, 15) is 18.3 Å². The van der Waals surface area contributed by atoms with E-state index in [0.29, 0.717) is 18.6 Å². The standard InChI is InChI=1S/C14H21N3O5S/c1-22-12-5-10(6-15-7-12)14(9-3-11(18)4-9)17-13(19)8-16-23(2,20)21/h5-7,9,11,14,16,18H,3-4,8H2,1-2H3,(H,17,19). The number of hydrogen-bond donors (Lipinski definition) is 3. The van der Waals surface area contributed by atoms with Crippen LogP contribution < -0.4 is 14.8 Å². The fourth-order valence-corrected chi connectivity index (χ4v) is 2.91. The highest BCUT2D eigenvalue weighted by Crippen LogP contribution is 2.38. The maximum atomic E-state index is 12.0. The molecule has 1 saturated carbocycles. The molecule has 0 saturated heterocycles. The van der Waals surface area contributed by atoms with Crippen molar-refractivity contribution in [3.05, 3.63) is 24.0 Å². The topological polar surface area (TPSA) is 118 Å². The van der Waals surface area contributed by atoms with Crippen LogP contribution in [0, 0.1) is 5.92 Å². The van der Waals surface area contributed by atoms with Crippen LogP contribution in [0.2, 0.25) is 0 Å². The summed E-state index contributed by atoms with van der Waals surface area (Å²) in [6.07, 6.45) is 4.95. The highest BCUT2D eigenvalue weighted by molar-refractivity contribution is 7.88. The van der Waals surface area contributed by atoms with Crippen LogP contribution in [0.3, 0.4) is 0 Å². The number of hydrogen-bond acceptors (Lipinski definition) is 6. The first kappa shape index (κ1) is 17.6. The van der Waals surface area contributed by atoms with E-state index in [-0.39, 0.29) is 24.6 Å². The van der Waals surface area contributed by atoms with Crippen LogP contribution >= 0.6 is 0 Å². The Bertz CT molecular complexity index is 658. The van der Waals surface area contributed by atoms with Gasteiger partial charge in [-0.15, -0.1) is 0 Å². The number of methoxy groups -OCH3 is 1. The van der Waals surface area contributed by atoms with Gasteiger partial charge < -0.3 is 15.2 Å². The third kappa shape index (κ3) is 5.15. The summed E-state index contributed by atoms with van der Waals surface area (Å²) in [7, 11) is -1.91. The van der Waals surface area contributed by atoms with Gasteiger partial charge in [0.05, 0.1) is 38.3 Å². The van der Waals surface area contributed by atoms with Gasteiger partial charge in [0.1, 0.15) is 5.75 Å². The van der Waals surface area contributed by atoms with Gasteiger partial charge in [-0.1, -0.05) is 0 Å². The number of amides is 1. The third-order valence-electron chi connectivity index (χ3n) is 3.76. The third-order valence-corrected chi connectivity index (χ3v) is 4.43. The zero-order chi connectivity index (χ0) is 17.0. The molecule has 0 radical (unpaired) electrons. The molecule has 8 nitrogen and oxygen atoms in total. The summed E-state index contributed by atoms with van der Waals surface area (Å²) < 4.78 is 29.4. The van der Waals surface area contributed by atoms with E-state index in [1.165, 1.54) is 7.11 Å². The molecule has 1 aliphatic rings. The SMILES string of the molecule is COc1cncc(C(NC(=O)CNS(C)(=O)=O)C2CC(O)C2)c1. The highest BCUT2D eigenvalue weighted by atomic mass is 32.2. The van der Waals surface area contributed by atoms with Gasteiger partial charge in [-0.05, 0) is 30.4 Å². The Morgan fingerprint density at radius 3 is 2.74 bits per heavy atom. The number of rotatable bonds is 7. The Morgan fingerprint density at radius 1 is 1.48 bits per heavy atom. The number of pyridine rings is 1. The lowest BCUT2D eigenvalue weighted by Gasteiger charge is -2.38. The Kier molecular flexibility index (Phi) is 5.55. The van der Waals surface area contributed by atoms with Crippen molar-refractivity contribution in [1.82, 2.24) is 15.0 Å². The molecule has 0 aliphatic heterocycles.